The molecule has 138 valence electrons. The van der Waals surface area contributed by atoms with Crippen LogP contribution >= 0.6 is 11.8 Å². The number of benzene rings is 1. The molecular formula is C20H26N4OS. The number of aromatic nitrogens is 2. The monoisotopic (exact) mass is 370 g/mol. The number of carbonyl (C=O) groups excluding carboxylic acids is 1. The molecule has 2 saturated heterocycles. The van der Waals surface area contributed by atoms with Crippen molar-refractivity contribution in [1.29, 1.82) is 0 Å². The minimum atomic E-state index is 0.0265. The first-order valence-corrected chi connectivity index (χ1v) is 10.6. The smallest absolute Gasteiger partial charge is 0.241 e. The van der Waals surface area contributed by atoms with E-state index in [0.717, 1.165) is 36.6 Å². The molecule has 0 bridgehead atoms. The molecule has 4 rings (SSSR count). The second kappa shape index (κ2) is 7.84. The summed E-state index contributed by atoms with van der Waals surface area (Å²) in [7, 11) is 0. The summed E-state index contributed by atoms with van der Waals surface area (Å²) in [6, 6.07) is 8.61. The quantitative estimate of drug-likeness (QED) is 0.895. The van der Waals surface area contributed by atoms with Crippen molar-refractivity contribution in [3.8, 4) is 5.69 Å². The molecule has 0 radical (unpaired) electrons. The standard InChI is InChI=1S/C20H26N4OS/c1-15-21-10-12-23(15)17-6-4-16(5-7-17)22-20(25)19-3-2-11-24(19)18-8-13-26-14-9-18/h4-7,10,12,18-19H,2-3,8-9,11,13-14H2,1H3,(H,22,25)/t19-/m1/s1. The number of nitrogens with zero attached hydrogens (tertiary/aromatic N) is 3. The van der Waals surface area contributed by atoms with Gasteiger partial charge in [-0.25, -0.2) is 4.98 Å². The number of anilines is 1. The van der Waals surface area contributed by atoms with E-state index in [1.54, 1.807) is 6.20 Å². The van der Waals surface area contributed by atoms with Gasteiger partial charge in [0.2, 0.25) is 5.91 Å². The van der Waals surface area contributed by atoms with E-state index in [1.807, 2.05) is 53.7 Å². The van der Waals surface area contributed by atoms with Crippen LogP contribution in [0.2, 0.25) is 0 Å². The first-order chi connectivity index (χ1) is 12.7. The Hall–Kier alpha value is -1.79. The van der Waals surface area contributed by atoms with Gasteiger partial charge in [0.1, 0.15) is 5.82 Å². The number of rotatable bonds is 4. The van der Waals surface area contributed by atoms with Crippen molar-refractivity contribution >= 4 is 23.4 Å². The number of hydrogen-bond donors (Lipinski definition) is 1. The summed E-state index contributed by atoms with van der Waals surface area (Å²) in [5, 5.41) is 3.13. The van der Waals surface area contributed by atoms with Crippen LogP contribution in [0, 0.1) is 6.92 Å². The number of aryl methyl sites for hydroxylation is 1. The summed E-state index contributed by atoms with van der Waals surface area (Å²) in [6.45, 7) is 3.04. The summed E-state index contributed by atoms with van der Waals surface area (Å²) in [5.41, 5.74) is 1.92. The molecule has 2 aliphatic rings. The highest BCUT2D eigenvalue weighted by molar-refractivity contribution is 7.99. The maximum absolute atomic E-state index is 12.9. The van der Waals surface area contributed by atoms with Crippen molar-refractivity contribution in [1.82, 2.24) is 14.5 Å². The number of imidazole rings is 1. The van der Waals surface area contributed by atoms with Crippen LogP contribution in [0.25, 0.3) is 5.69 Å². The molecule has 2 aliphatic heterocycles. The lowest BCUT2D eigenvalue weighted by Crippen LogP contribution is -2.46. The van der Waals surface area contributed by atoms with Crippen LogP contribution in [0.4, 0.5) is 5.69 Å². The molecule has 0 spiro atoms. The molecule has 1 aromatic carbocycles. The summed E-state index contributed by atoms with van der Waals surface area (Å²) < 4.78 is 2.03. The van der Waals surface area contributed by atoms with Gasteiger partial charge in [-0.3, -0.25) is 9.69 Å². The van der Waals surface area contributed by atoms with Gasteiger partial charge in [-0.2, -0.15) is 11.8 Å². The predicted molar refractivity (Wildman–Crippen MR) is 107 cm³/mol. The number of hydrogen-bond acceptors (Lipinski definition) is 4. The van der Waals surface area contributed by atoms with E-state index < -0.39 is 0 Å². The highest BCUT2D eigenvalue weighted by Crippen LogP contribution is 2.29. The topological polar surface area (TPSA) is 50.2 Å². The minimum absolute atomic E-state index is 0.0265. The molecule has 1 aromatic heterocycles. The summed E-state index contributed by atoms with van der Waals surface area (Å²) in [4.78, 5) is 19.6. The van der Waals surface area contributed by atoms with E-state index in [-0.39, 0.29) is 11.9 Å². The van der Waals surface area contributed by atoms with Crippen molar-refractivity contribution in [2.24, 2.45) is 0 Å². The molecule has 5 nitrogen and oxygen atoms in total. The highest BCUT2D eigenvalue weighted by Gasteiger charge is 2.35. The van der Waals surface area contributed by atoms with Crippen molar-refractivity contribution < 1.29 is 4.79 Å². The zero-order chi connectivity index (χ0) is 17.9. The summed E-state index contributed by atoms with van der Waals surface area (Å²) in [5.74, 6) is 3.55. The van der Waals surface area contributed by atoms with Gasteiger partial charge in [0.15, 0.2) is 0 Å². The van der Waals surface area contributed by atoms with Gasteiger partial charge in [0, 0.05) is 29.8 Å². The molecule has 0 unspecified atom stereocenters. The van der Waals surface area contributed by atoms with Crippen LogP contribution in [0.1, 0.15) is 31.5 Å². The maximum Gasteiger partial charge on any atom is 0.241 e. The van der Waals surface area contributed by atoms with Gasteiger partial charge in [0.25, 0.3) is 0 Å². The lowest BCUT2D eigenvalue weighted by atomic mass is 10.1. The Morgan fingerprint density at radius 1 is 1.19 bits per heavy atom. The van der Waals surface area contributed by atoms with Crippen LogP contribution in [0.5, 0.6) is 0 Å². The van der Waals surface area contributed by atoms with E-state index in [0.29, 0.717) is 6.04 Å². The average molecular weight is 371 g/mol. The second-order valence-electron chi connectivity index (χ2n) is 7.12. The molecular weight excluding hydrogens is 344 g/mol. The van der Waals surface area contributed by atoms with Crippen LogP contribution in [-0.2, 0) is 4.79 Å². The fourth-order valence-electron chi connectivity index (χ4n) is 4.11. The third kappa shape index (κ3) is 3.67. The van der Waals surface area contributed by atoms with Gasteiger partial charge in [-0.05, 0) is 74.9 Å². The average Bonchev–Trinajstić information content (AvgIpc) is 3.32. The first-order valence-electron chi connectivity index (χ1n) is 9.47. The van der Waals surface area contributed by atoms with Gasteiger partial charge < -0.3 is 9.88 Å². The van der Waals surface area contributed by atoms with E-state index in [9.17, 15) is 4.79 Å². The summed E-state index contributed by atoms with van der Waals surface area (Å²) >= 11 is 2.04. The second-order valence-corrected chi connectivity index (χ2v) is 8.34. The van der Waals surface area contributed by atoms with Crippen LogP contribution in [0.15, 0.2) is 36.7 Å². The van der Waals surface area contributed by atoms with E-state index in [2.05, 4.69) is 15.2 Å². The predicted octanol–water partition coefficient (Wildman–Crippen LogP) is 3.48. The Morgan fingerprint density at radius 3 is 2.65 bits per heavy atom. The van der Waals surface area contributed by atoms with E-state index in [1.165, 1.54) is 24.3 Å². The number of likely N-dealkylation sites (tertiary alicyclic amines) is 1. The van der Waals surface area contributed by atoms with Gasteiger partial charge >= 0.3 is 0 Å². The van der Waals surface area contributed by atoms with Gasteiger partial charge in [-0.15, -0.1) is 0 Å². The van der Waals surface area contributed by atoms with E-state index >= 15 is 0 Å². The van der Waals surface area contributed by atoms with Crippen LogP contribution in [0.3, 0.4) is 0 Å². The van der Waals surface area contributed by atoms with Crippen LogP contribution < -0.4 is 5.32 Å². The largest absolute Gasteiger partial charge is 0.325 e. The molecule has 1 amide bonds. The number of amides is 1. The molecule has 0 aliphatic carbocycles. The molecule has 6 heteroatoms. The van der Waals surface area contributed by atoms with Gasteiger partial charge in [-0.1, -0.05) is 0 Å². The zero-order valence-corrected chi connectivity index (χ0v) is 16.0. The highest BCUT2D eigenvalue weighted by atomic mass is 32.2. The van der Waals surface area contributed by atoms with E-state index in [4.69, 9.17) is 0 Å². The normalized spacial score (nSPS) is 21.8. The Kier molecular flexibility index (Phi) is 5.31. The molecule has 2 fully saturated rings. The third-order valence-electron chi connectivity index (χ3n) is 5.50. The van der Waals surface area contributed by atoms with Crippen molar-refractivity contribution in [2.45, 2.75) is 44.7 Å². The third-order valence-corrected chi connectivity index (χ3v) is 6.54. The maximum atomic E-state index is 12.9. The lowest BCUT2D eigenvalue weighted by molar-refractivity contribution is -0.121. The molecule has 1 N–H and O–H groups in total. The molecule has 26 heavy (non-hydrogen) atoms. The first kappa shape index (κ1) is 17.6. The number of carbonyl (C=O) groups is 1. The SMILES string of the molecule is Cc1nccn1-c1ccc(NC(=O)[C@H]2CCCN2C2CCSCC2)cc1. The van der Waals surface area contributed by atoms with Crippen LogP contribution in [-0.4, -0.2) is 50.5 Å². The van der Waals surface area contributed by atoms with Crippen molar-refractivity contribution in [3.05, 3.63) is 42.5 Å². The minimum Gasteiger partial charge on any atom is -0.325 e. The number of nitrogens with one attached hydrogen (secondary N) is 1. The van der Waals surface area contributed by atoms with Crippen molar-refractivity contribution in [2.75, 3.05) is 23.4 Å². The summed E-state index contributed by atoms with van der Waals surface area (Å²) in [6.07, 6.45) is 8.27. The molecule has 1 atom stereocenters. The Balaban J connectivity index is 1.41. The number of thioether (sulfide) groups is 1. The molecule has 3 heterocycles. The van der Waals surface area contributed by atoms with Crippen molar-refractivity contribution in [3.63, 3.8) is 0 Å². The molecule has 0 saturated carbocycles. The van der Waals surface area contributed by atoms with Gasteiger partial charge in [0.05, 0.1) is 6.04 Å². The zero-order valence-electron chi connectivity index (χ0n) is 15.2. The Morgan fingerprint density at radius 2 is 1.96 bits per heavy atom. The lowest BCUT2D eigenvalue weighted by Gasteiger charge is -2.34. The Bertz CT molecular complexity index is 751. The molecule has 2 aromatic rings. The Labute approximate surface area is 159 Å². The fourth-order valence-corrected chi connectivity index (χ4v) is 5.19. The fraction of sp³-hybridized carbons (Fsp3) is 0.500.